The third kappa shape index (κ3) is 4.51. The summed E-state index contributed by atoms with van der Waals surface area (Å²) in [5, 5.41) is 15.8. The van der Waals surface area contributed by atoms with Crippen molar-refractivity contribution in [2.24, 2.45) is 0 Å². The number of carbonyl (C=O) groups excluding carboxylic acids is 1. The monoisotopic (exact) mass is 277 g/mol. The molecule has 1 heterocycles. The minimum absolute atomic E-state index is 0.0303. The maximum Gasteiger partial charge on any atom is 0.234 e. The molecule has 1 amide bonds. The minimum Gasteiger partial charge on any atom is -0.508 e. The molecule has 1 unspecified atom stereocenters. The van der Waals surface area contributed by atoms with Crippen LogP contribution < -0.4 is 10.6 Å². The van der Waals surface area contributed by atoms with Gasteiger partial charge in [0, 0.05) is 13.1 Å². The number of hydrogen-bond donors (Lipinski definition) is 3. The van der Waals surface area contributed by atoms with Crippen LogP contribution in [0.4, 0.5) is 0 Å². The Hall–Kier alpha value is -1.59. The summed E-state index contributed by atoms with van der Waals surface area (Å²) in [5.74, 6) is 0.255. The van der Waals surface area contributed by atoms with Gasteiger partial charge in [0.2, 0.25) is 5.91 Å². The minimum atomic E-state index is -0.0975. The Kier molecular flexibility index (Phi) is 5.38. The van der Waals surface area contributed by atoms with Crippen molar-refractivity contribution in [1.82, 2.24) is 15.5 Å². The zero-order chi connectivity index (χ0) is 14.4. The molecule has 1 atom stereocenters. The summed E-state index contributed by atoms with van der Waals surface area (Å²) in [4.78, 5) is 14.2. The van der Waals surface area contributed by atoms with E-state index in [0.29, 0.717) is 6.54 Å². The maximum absolute atomic E-state index is 12.1. The highest BCUT2D eigenvalue weighted by Gasteiger charge is 2.15. The van der Waals surface area contributed by atoms with Crippen LogP contribution in [-0.2, 0) is 4.79 Å². The van der Waals surface area contributed by atoms with Crippen LogP contribution in [0.25, 0.3) is 0 Å². The highest BCUT2D eigenvalue weighted by Crippen LogP contribution is 2.17. The van der Waals surface area contributed by atoms with Crippen molar-refractivity contribution in [1.29, 1.82) is 0 Å². The van der Waals surface area contributed by atoms with Gasteiger partial charge in [-0.25, -0.2) is 0 Å². The van der Waals surface area contributed by atoms with Crippen LogP contribution in [0.5, 0.6) is 5.75 Å². The predicted molar refractivity (Wildman–Crippen MR) is 78.6 cm³/mol. The number of aromatic hydroxyl groups is 1. The highest BCUT2D eigenvalue weighted by atomic mass is 16.3. The van der Waals surface area contributed by atoms with E-state index in [4.69, 9.17) is 0 Å². The molecule has 3 N–H and O–H groups in total. The summed E-state index contributed by atoms with van der Waals surface area (Å²) in [7, 11) is 0. The van der Waals surface area contributed by atoms with Crippen molar-refractivity contribution in [3.05, 3.63) is 29.8 Å². The maximum atomic E-state index is 12.1. The molecule has 110 valence electrons. The molecule has 1 aliphatic rings. The van der Waals surface area contributed by atoms with Crippen molar-refractivity contribution in [3.63, 3.8) is 0 Å². The van der Waals surface area contributed by atoms with Gasteiger partial charge in [0.1, 0.15) is 5.75 Å². The summed E-state index contributed by atoms with van der Waals surface area (Å²) < 4.78 is 0. The Labute approximate surface area is 120 Å². The summed E-state index contributed by atoms with van der Waals surface area (Å²) in [6.07, 6.45) is 1.08. The molecule has 1 fully saturated rings. The van der Waals surface area contributed by atoms with E-state index >= 15 is 0 Å². The summed E-state index contributed by atoms with van der Waals surface area (Å²) in [6.45, 7) is 6.20. The number of phenols is 1. The van der Waals surface area contributed by atoms with E-state index in [9.17, 15) is 9.90 Å². The van der Waals surface area contributed by atoms with E-state index in [-0.39, 0.29) is 17.7 Å². The van der Waals surface area contributed by atoms with Crippen molar-refractivity contribution < 1.29 is 9.90 Å². The molecule has 1 aromatic carbocycles. The molecule has 0 spiro atoms. The van der Waals surface area contributed by atoms with Crippen LogP contribution in [0.15, 0.2) is 24.3 Å². The first kappa shape index (κ1) is 14.8. The van der Waals surface area contributed by atoms with Crippen molar-refractivity contribution >= 4 is 5.91 Å². The highest BCUT2D eigenvalue weighted by molar-refractivity contribution is 5.78. The van der Waals surface area contributed by atoms with Gasteiger partial charge in [-0.2, -0.15) is 0 Å². The summed E-state index contributed by atoms with van der Waals surface area (Å²) >= 11 is 0. The number of amides is 1. The number of nitrogens with zero attached hydrogens (tertiary/aromatic N) is 1. The van der Waals surface area contributed by atoms with Gasteiger partial charge in [-0.3, -0.25) is 9.69 Å². The molecule has 5 heteroatoms. The van der Waals surface area contributed by atoms with Gasteiger partial charge < -0.3 is 15.7 Å². The SMILES string of the molecule is CC(NC(=O)CN1CCCNCC1)c1cccc(O)c1. The van der Waals surface area contributed by atoms with Crippen LogP contribution in [0.3, 0.4) is 0 Å². The molecule has 2 rings (SSSR count). The van der Waals surface area contributed by atoms with Crippen LogP contribution in [-0.4, -0.2) is 48.6 Å². The van der Waals surface area contributed by atoms with Crippen molar-refractivity contribution in [2.45, 2.75) is 19.4 Å². The third-order valence-corrected chi connectivity index (χ3v) is 3.55. The fourth-order valence-corrected chi connectivity index (χ4v) is 2.43. The van der Waals surface area contributed by atoms with Gasteiger partial charge in [0.05, 0.1) is 12.6 Å². The lowest BCUT2D eigenvalue weighted by molar-refractivity contribution is -0.122. The fraction of sp³-hybridized carbons (Fsp3) is 0.533. The van der Waals surface area contributed by atoms with E-state index in [1.165, 1.54) is 0 Å². The number of benzene rings is 1. The molecular weight excluding hydrogens is 254 g/mol. The number of rotatable bonds is 4. The van der Waals surface area contributed by atoms with Gasteiger partial charge in [0.25, 0.3) is 0 Å². The summed E-state index contributed by atoms with van der Waals surface area (Å²) in [5.41, 5.74) is 0.913. The lowest BCUT2D eigenvalue weighted by atomic mass is 10.1. The standard InChI is InChI=1S/C15H23N3O2/c1-12(13-4-2-5-14(19)10-13)17-15(20)11-18-8-3-6-16-7-9-18/h2,4-5,10,12,16,19H,3,6-9,11H2,1H3,(H,17,20). The largest absolute Gasteiger partial charge is 0.508 e. The molecule has 20 heavy (non-hydrogen) atoms. The molecule has 1 saturated heterocycles. The Morgan fingerprint density at radius 3 is 3.10 bits per heavy atom. The predicted octanol–water partition coefficient (Wildman–Crippen LogP) is 0.865. The first-order chi connectivity index (χ1) is 9.65. The molecule has 0 aromatic heterocycles. The van der Waals surface area contributed by atoms with Crippen molar-refractivity contribution in [2.75, 3.05) is 32.7 Å². The van der Waals surface area contributed by atoms with Crippen molar-refractivity contribution in [3.8, 4) is 5.75 Å². The van der Waals surface area contributed by atoms with E-state index < -0.39 is 0 Å². The van der Waals surface area contributed by atoms with Gasteiger partial charge >= 0.3 is 0 Å². The Morgan fingerprint density at radius 2 is 2.30 bits per heavy atom. The average Bonchev–Trinajstić information content (AvgIpc) is 2.67. The van der Waals surface area contributed by atoms with Gasteiger partial charge in [-0.05, 0) is 44.1 Å². The Bertz CT molecular complexity index is 442. The second-order valence-electron chi connectivity index (χ2n) is 5.26. The first-order valence-corrected chi connectivity index (χ1v) is 7.16. The smallest absolute Gasteiger partial charge is 0.234 e. The van der Waals surface area contributed by atoms with Gasteiger partial charge in [-0.1, -0.05) is 12.1 Å². The van der Waals surface area contributed by atoms with E-state index in [2.05, 4.69) is 15.5 Å². The second kappa shape index (κ2) is 7.26. The molecule has 5 nitrogen and oxygen atoms in total. The fourth-order valence-electron chi connectivity index (χ4n) is 2.43. The molecular formula is C15H23N3O2. The molecule has 0 aliphatic carbocycles. The summed E-state index contributed by atoms with van der Waals surface area (Å²) in [6, 6.07) is 6.90. The number of phenolic OH excluding ortho intramolecular Hbond substituents is 1. The molecule has 0 saturated carbocycles. The second-order valence-corrected chi connectivity index (χ2v) is 5.26. The van der Waals surface area contributed by atoms with Crippen LogP contribution >= 0.6 is 0 Å². The average molecular weight is 277 g/mol. The zero-order valence-electron chi connectivity index (χ0n) is 11.9. The van der Waals surface area contributed by atoms with Gasteiger partial charge in [0.15, 0.2) is 0 Å². The van der Waals surface area contributed by atoms with Crippen LogP contribution in [0, 0.1) is 0 Å². The first-order valence-electron chi connectivity index (χ1n) is 7.16. The van der Waals surface area contributed by atoms with Gasteiger partial charge in [-0.15, -0.1) is 0 Å². The van der Waals surface area contributed by atoms with E-state index in [1.807, 2.05) is 13.0 Å². The zero-order valence-corrected chi connectivity index (χ0v) is 11.9. The van der Waals surface area contributed by atoms with Crippen LogP contribution in [0.2, 0.25) is 0 Å². The lowest BCUT2D eigenvalue weighted by Crippen LogP contribution is -2.39. The third-order valence-electron chi connectivity index (χ3n) is 3.55. The van der Waals surface area contributed by atoms with Crippen LogP contribution in [0.1, 0.15) is 24.9 Å². The Morgan fingerprint density at radius 1 is 1.45 bits per heavy atom. The molecule has 0 bridgehead atoms. The van der Waals surface area contributed by atoms with E-state index in [0.717, 1.165) is 38.2 Å². The Balaban J connectivity index is 1.84. The normalized spacial score (nSPS) is 18.2. The number of nitrogens with one attached hydrogen (secondary N) is 2. The lowest BCUT2D eigenvalue weighted by Gasteiger charge is -2.21. The molecule has 1 aromatic rings. The number of hydrogen-bond acceptors (Lipinski definition) is 4. The number of carbonyl (C=O) groups is 1. The molecule has 1 aliphatic heterocycles. The van der Waals surface area contributed by atoms with E-state index in [1.54, 1.807) is 18.2 Å². The quantitative estimate of drug-likeness (QED) is 0.764. The topological polar surface area (TPSA) is 64.6 Å². The molecule has 0 radical (unpaired) electrons.